The normalized spacial score (nSPS) is 10.7. The molecule has 2 rings (SSSR count). The molecule has 1 amide bonds. The highest BCUT2D eigenvalue weighted by Gasteiger charge is 2.14. The molecule has 0 aliphatic rings. The van der Waals surface area contributed by atoms with Crippen LogP contribution in [0.15, 0.2) is 48.5 Å². The molecule has 0 atom stereocenters. The summed E-state index contributed by atoms with van der Waals surface area (Å²) < 4.78 is 33.6. The lowest BCUT2D eigenvalue weighted by Gasteiger charge is -2.13. The molecule has 0 saturated carbocycles. The van der Waals surface area contributed by atoms with E-state index in [-0.39, 0.29) is 17.2 Å². The molecule has 0 aromatic heterocycles. The number of hydrogen-bond donors (Lipinski definition) is 1. The molecule has 2 aromatic carbocycles. The minimum atomic E-state index is -2.99. The number of alkyl halides is 2. The lowest BCUT2D eigenvalue weighted by molar-refractivity contribution is -0.119. The van der Waals surface area contributed by atoms with E-state index in [1.807, 2.05) is 26.0 Å². The molecule has 0 radical (unpaired) electrons. The van der Waals surface area contributed by atoms with Crippen LogP contribution in [-0.4, -0.2) is 25.1 Å². The molecule has 1 N–H and O–H groups in total. The van der Waals surface area contributed by atoms with E-state index in [1.165, 1.54) is 18.2 Å². The van der Waals surface area contributed by atoms with Crippen LogP contribution in [0.2, 0.25) is 0 Å². The maximum Gasteiger partial charge on any atom is 0.387 e. The van der Waals surface area contributed by atoms with Gasteiger partial charge in [-0.3, -0.25) is 4.79 Å². The van der Waals surface area contributed by atoms with Crippen molar-refractivity contribution in [2.75, 3.05) is 11.9 Å². The van der Waals surface area contributed by atoms with Crippen molar-refractivity contribution in [2.45, 2.75) is 26.4 Å². The average molecular weight is 363 g/mol. The molecule has 7 heteroatoms. The van der Waals surface area contributed by atoms with Gasteiger partial charge in [0.25, 0.3) is 5.91 Å². The van der Waals surface area contributed by atoms with Gasteiger partial charge in [-0.1, -0.05) is 38.1 Å². The number of benzene rings is 2. The Balaban J connectivity index is 1.94. The Morgan fingerprint density at radius 2 is 1.81 bits per heavy atom. The van der Waals surface area contributed by atoms with E-state index in [0.717, 1.165) is 11.6 Å². The summed E-state index contributed by atoms with van der Waals surface area (Å²) >= 11 is 0. The summed E-state index contributed by atoms with van der Waals surface area (Å²) in [7, 11) is 0. The first-order valence-electron chi connectivity index (χ1n) is 7.97. The molecule has 0 heterocycles. The fraction of sp³-hybridized carbons (Fsp3) is 0.263. The number of carbonyl (C=O) groups is 2. The van der Waals surface area contributed by atoms with Crippen molar-refractivity contribution in [2.24, 2.45) is 0 Å². The van der Waals surface area contributed by atoms with E-state index in [0.29, 0.717) is 5.69 Å². The number of nitrogens with one attached hydrogen (secondary N) is 1. The number of anilines is 1. The highest BCUT2D eigenvalue weighted by atomic mass is 19.3. The standard InChI is InChI=1S/C19H19F2NO4/c1-12(2)15-8-3-4-9-16(15)22-17(23)11-25-18(24)13-6-5-7-14(10-13)26-19(20)21/h3-10,12,19H,11H2,1-2H3,(H,22,23). The van der Waals surface area contributed by atoms with E-state index in [1.54, 1.807) is 12.1 Å². The molecule has 2 aromatic rings. The number of hydrogen-bond acceptors (Lipinski definition) is 4. The van der Waals surface area contributed by atoms with Crippen LogP contribution in [0.3, 0.4) is 0 Å². The first-order valence-corrected chi connectivity index (χ1v) is 7.97. The van der Waals surface area contributed by atoms with Gasteiger partial charge in [0.05, 0.1) is 5.56 Å². The van der Waals surface area contributed by atoms with E-state index < -0.39 is 25.1 Å². The molecule has 26 heavy (non-hydrogen) atoms. The second kappa shape index (κ2) is 8.94. The third-order valence-electron chi connectivity index (χ3n) is 3.49. The number of amides is 1. The first kappa shape index (κ1) is 19.4. The minimum absolute atomic E-state index is 0.0125. The second-order valence-electron chi connectivity index (χ2n) is 5.77. The van der Waals surface area contributed by atoms with Crippen molar-refractivity contribution < 1.29 is 27.8 Å². The quantitative estimate of drug-likeness (QED) is 0.749. The Kier molecular flexibility index (Phi) is 6.66. The summed E-state index contributed by atoms with van der Waals surface area (Å²) in [6, 6.07) is 12.5. The summed E-state index contributed by atoms with van der Waals surface area (Å²) in [5, 5.41) is 2.70. The Morgan fingerprint density at radius 3 is 2.50 bits per heavy atom. The molecule has 0 aliphatic heterocycles. The van der Waals surface area contributed by atoms with Crippen LogP contribution in [0, 0.1) is 0 Å². The van der Waals surface area contributed by atoms with Gasteiger partial charge in [0.15, 0.2) is 6.61 Å². The van der Waals surface area contributed by atoms with Gasteiger partial charge in [-0.05, 0) is 35.7 Å². The van der Waals surface area contributed by atoms with Crippen LogP contribution in [-0.2, 0) is 9.53 Å². The number of halogens is 2. The van der Waals surface area contributed by atoms with E-state index in [2.05, 4.69) is 10.1 Å². The Labute approximate surface area is 149 Å². The smallest absolute Gasteiger partial charge is 0.387 e. The summed E-state index contributed by atoms with van der Waals surface area (Å²) in [5.41, 5.74) is 1.62. The predicted octanol–water partition coefficient (Wildman–Crippen LogP) is 4.21. The predicted molar refractivity (Wildman–Crippen MR) is 92.5 cm³/mol. The van der Waals surface area contributed by atoms with Crippen molar-refractivity contribution in [3.05, 3.63) is 59.7 Å². The van der Waals surface area contributed by atoms with Gasteiger partial charge in [0.1, 0.15) is 5.75 Å². The first-order chi connectivity index (χ1) is 12.4. The lowest BCUT2D eigenvalue weighted by Crippen LogP contribution is -2.21. The average Bonchev–Trinajstić information content (AvgIpc) is 2.59. The van der Waals surface area contributed by atoms with Crippen LogP contribution >= 0.6 is 0 Å². The number of para-hydroxylation sites is 1. The highest BCUT2D eigenvalue weighted by molar-refractivity contribution is 5.96. The largest absolute Gasteiger partial charge is 0.452 e. The molecular formula is C19H19F2NO4. The molecule has 138 valence electrons. The fourth-order valence-electron chi connectivity index (χ4n) is 2.31. The van der Waals surface area contributed by atoms with Gasteiger partial charge in [0.2, 0.25) is 0 Å². The van der Waals surface area contributed by atoms with Crippen molar-refractivity contribution in [1.29, 1.82) is 0 Å². The maximum absolute atomic E-state index is 12.2. The van der Waals surface area contributed by atoms with Gasteiger partial charge < -0.3 is 14.8 Å². The molecule has 5 nitrogen and oxygen atoms in total. The third kappa shape index (κ3) is 5.54. The minimum Gasteiger partial charge on any atom is -0.452 e. The summed E-state index contributed by atoms with van der Waals surface area (Å²) in [5.74, 6) is -1.25. The topological polar surface area (TPSA) is 64.6 Å². The number of ether oxygens (including phenoxy) is 2. The Hall–Kier alpha value is -2.96. The Bertz CT molecular complexity index is 778. The number of carbonyl (C=O) groups excluding carboxylic acids is 2. The maximum atomic E-state index is 12.2. The zero-order valence-corrected chi connectivity index (χ0v) is 14.4. The van der Waals surface area contributed by atoms with Crippen molar-refractivity contribution in [3.63, 3.8) is 0 Å². The molecule has 0 aliphatic carbocycles. The van der Waals surface area contributed by atoms with Crippen molar-refractivity contribution in [1.82, 2.24) is 0 Å². The number of rotatable bonds is 7. The molecule has 0 bridgehead atoms. The molecule has 0 fully saturated rings. The van der Waals surface area contributed by atoms with E-state index in [4.69, 9.17) is 4.74 Å². The second-order valence-corrected chi connectivity index (χ2v) is 5.77. The zero-order chi connectivity index (χ0) is 19.1. The number of esters is 1. The summed E-state index contributed by atoms with van der Waals surface area (Å²) in [4.78, 5) is 24.0. The summed E-state index contributed by atoms with van der Waals surface area (Å²) in [6.07, 6.45) is 0. The van der Waals surface area contributed by atoms with Gasteiger partial charge in [-0.15, -0.1) is 0 Å². The van der Waals surface area contributed by atoms with Crippen molar-refractivity contribution >= 4 is 17.6 Å². The van der Waals surface area contributed by atoms with E-state index >= 15 is 0 Å². The Morgan fingerprint density at radius 1 is 1.08 bits per heavy atom. The summed E-state index contributed by atoms with van der Waals surface area (Å²) in [6.45, 7) is 0.512. The monoisotopic (exact) mass is 363 g/mol. The molecule has 0 saturated heterocycles. The van der Waals surface area contributed by atoms with Crippen molar-refractivity contribution in [3.8, 4) is 5.75 Å². The van der Waals surface area contributed by atoms with Gasteiger partial charge in [0, 0.05) is 5.69 Å². The molecular weight excluding hydrogens is 344 g/mol. The van der Waals surface area contributed by atoms with Gasteiger partial charge in [-0.2, -0.15) is 8.78 Å². The van der Waals surface area contributed by atoms with Gasteiger partial charge >= 0.3 is 12.6 Å². The van der Waals surface area contributed by atoms with Crippen LogP contribution in [0.5, 0.6) is 5.75 Å². The van der Waals surface area contributed by atoms with Crippen LogP contribution < -0.4 is 10.1 Å². The van der Waals surface area contributed by atoms with Crippen LogP contribution in [0.1, 0.15) is 35.7 Å². The van der Waals surface area contributed by atoms with E-state index in [9.17, 15) is 18.4 Å². The lowest BCUT2D eigenvalue weighted by atomic mass is 10.0. The van der Waals surface area contributed by atoms with Gasteiger partial charge in [-0.25, -0.2) is 4.79 Å². The SMILES string of the molecule is CC(C)c1ccccc1NC(=O)COC(=O)c1cccc(OC(F)F)c1. The zero-order valence-electron chi connectivity index (χ0n) is 14.4. The molecule has 0 spiro atoms. The fourth-order valence-corrected chi connectivity index (χ4v) is 2.31. The van der Waals surface area contributed by atoms with Crippen LogP contribution in [0.4, 0.5) is 14.5 Å². The molecule has 0 unspecified atom stereocenters. The van der Waals surface area contributed by atoms with Crippen LogP contribution in [0.25, 0.3) is 0 Å². The third-order valence-corrected chi connectivity index (χ3v) is 3.49. The highest BCUT2D eigenvalue weighted by Crippen LogP contribution is 2.23.